The number of carbonyl (C=O) groups is 1. The normalized spacial score (nSPS) is 24.6. The molecule has 1 saturated carbocycles. The maximum absolute atomic E-state index is 12.2. The molecule has 1 amide bonds. The van der Waals surface area contributed by atoms with Crippen molar-refractivity contribution in [2.75, 3.05) is 7.05 Å². The molecule has 17 heavy (non-hydrogen) atoms. The zero-order chi connectivity index (χ0) is 12.4. The molecule has 0 saturated heterocycles. The molecule has 1 aromatic heterocycles. The highest BCUT2D eigenvalue weighted by atomic mass is 35.5. The fourth-order valence-corrected chi connectivity index (χ4v) is 2.77. The Morgan fingerprint density at radius 1 is 1.53 bits per heavy atom. The van der Waals surface area contributed by atoms with E-state index < -0.39 is 0 Å². The molecule has 5 heteroatoms. The highest BCUT2D eigenvalue weighted by molar-refractivity contribution is 6.21. The minimum Gasteiger partial charge on any atom is -0.438 e. The maximum Gasteiger partial charge on any atom is 0.291 e. The van der Waals surface area contributed by atoms with Crippen LogP contribution < -0.4 is 0 Å². The van der Waals surface area contributed by atoms with E-state index in [1.54, 1.807) is 18.9 Å². The van der Waals surface area contributed by atoms with Crippen LogP contribution in [-0.2, 0) is 0 Å². The Kier molecular flexibility index (Phi) is 3.72. The second kappa shape index (κ2) is 5.08. The molecule has 4 nitrogen and oxygen atoms in total. The third-order valence-corrected chi connectivity index (χ3v) is 3.91. The van der Waals surface area contributed by atoms with Gasteiger partial charge in [-0.2, -0.15) is 0 Å². The van der Waals surface area contributed by atoms with Crippen molar-refractivity contribution in [3.8, 4) is 0 Å². The van der Waals surface area contributed by atoms with Crippen molar-refractivity contribution in [2.45, 2.75) is 44.0 Å². The number of halogens is 1. The van der Waals surface area contributed by atoms with Gasteiger partial charge in [0.15, 0.2) is 6.39 Å². The molecule has 2 unspecified atom stereocenters. The number of hydrogen-bond acceptors (Lipinski definition) is 3. The summed E-state index contributed by atoms with van der Waals surface area (Å²) in [6.45, 7) is 1.77. The van der Waals surface area contributed by atoms with Crippen molar-refractivity contribution in [3.63, 3.8) is 0 Å². The lowest BCUT2D eigenvalue weighted by molar-refractivity contribution is 0.0667. The minimum atomic E-state index is -0.127. The molecule has 1 aliphatic carbocycles. The van der Waals surface area contributed by atoms with Gasteiger partial charge in [0, 0.05) is 13.1 Å². The summed E-state index contributed by atoms with van der Waals surface area (Å²) in [5, 5.41) is 0.0425. The number of aryl methyl sites for hydroxylation is 1. The summed E-state index contributed by atoms with van der Waals surface area (Å²) < 4.78 is 5.13. The summed E-state index contributed by atoms with van der Waals surface area (Å²) in [6.07, 6.45) is 5.51. The number of oxazole rings is 1. The summed E-state index contributed by atoms with van der Waals surface area (Å²) in [6, 6.07) is 0.0995. The van der Waals surface area contributed by atoms with Crippen molar-refractivity contribution in [3.05, 3.63) is 17.8 Å². The first-order chi connectivity index (χ1) is 8.11. The number of carbonyl (C=O) groups excluding carboxylic acids is 1. The van der Waals surface area contributed by atoms with Gasteiger partial charge in [-0.3, -0.25) is 4.79 Å². The van der Waals surface area contributed by atoms with Crippen molar-refractivity contribution in [1.29, 1.82) is 0 Å². The van der Waals surface area contributed by atoms with Gasteiger partial charge >= 0.3 is 0 Å². The average molecular weight is 257 g/mol. The van der Waals surface area contributed by atoms with Gasteiger partial charge in [0.05, 0.1) is 11.1 Å². The number of amides is 1. The van der Waals surface area contributed by atoms with Crippen molar-refractivity contribution < 1.29 is 9.21 Å². The van der Waals surface area contributed by atoms with Gasteiger partial charge in [-0.25, -0.2) is 4.98 Å². The molecule has 1 heterocycles. The van der Waals surface area contributed by atoms with Gasteiger partial charge < -0.3 is 9.32 Å². The van der Waals surface area contributed by atoms with Gasteiger partial charge in [-0.1, -0.05) is 12.8 Å². The molecule has 0 spiro atoms. The fourth-order valence-electron chi connectivity index (χ4n) is 2.32. The second-order valence-electron chi connectivity index (χ2n) is 4.55. The summed E-state index contributed by atoms with van der Waals surface area (Å²) in [5.74, 6) is 0.194. The summed E-state index contributed by atoms with van der Waals surface area (Å²) in [5.41, 5.74) is 0.629. The Morgan fingerprint density at radius 3 is 2.82 bits per heavy atom. The van der Waals surface area contributed by atoms with Crippen LogP contribution in [0, 0.1) is 6.92 Å². The van der Waals surface area contributed by atoms with Gasteiger partial charge in [0.25, 0.3) is 5.91 Å². The molecule has 0 radical (unpaired) electrons. The predicted octanol–water partition coefficient (Wildman–Crippen LogP) is 2.61. The molecule has 1 aromatic rings. The molecule has 0 aromatic carbocycles. The van der Waals surface area contributed by atoms with E-state index in [2.05, 4.69) is 4.98 Å². The molecular formula is C12H17ClN2O2. The lowest BCUT2D eigenvalue weighted by atomic mass is 9.94. The standard InChI is InChI=1S/C12H17ClN2O2/c1-8-11(17-7-14-8)12(16)15(2)10-6-4-3-5-9(10)13/h7,9-10H,3-6H2,1-2H3. The Labute approximate surface area is 106 Å². The number of rotatable bonds is 2. The lowest BCUT2D eigenvalue weighted by Gasteiger charge is -2.34. The van der Waals surface area contributed by atoms with Crippen molar-refractivity contribution in [1.82, 2.24) is 9.88 Å². The van der Waals surface area contributed by atoms with Crippen LogP contribution in [0.15, 0.2) is 10.8 Å². The van der Waals surface area contributed by atoms with Gasteiger partial charge in [0.1, 0.15) is 0 Å². The van der Waals surface area contributed by atoms with E-state index in [9.17, 15) is 4.79 Å². The molecule has 1 fully saturated rings. The number of hydrogen-bond donors (Lipinski definition) is 0. The van der Waals surface area contributed by atoms with Crippen LogP contribution in [0.25, 0.3) is 0 Å². The third-order valence-electron chi connectivity index (χ3n) is 3.40. The van der Waals surface area contributed by atoms with Gasteiger partial charge in [0.2, 0.25) is 5.76 Å². The van der Waals surface area contributed by atoms with E-state index in [0.29, 0.717) is 11.5 Å². The maximum atomic E-state index is 12.2. The van der Waals surface area contributed by atoms with E-state index >= 15 is 0 Å². The van der Waals surface area contributed by atoms with Crippen LogP contribution in [0.3, 0.4) is 0 Å². The van der Waals surface area contributed by atoms with Crippen LogP contribution in [-0.4, -0.2) is 34.3 Å². The summed E-state index contributed by atoms with van der Waals surface area (Å²) in [4.78, 5) is 17.8. The smallest absolute Gasteiger partial charge is 0.291 e. The first-order valence-electron chi connectivity index (χ1n) is 5.92. The molecule has 1 aliphatic rings. The van der Waals surface area contributed by atoms with Crippen LogP contribution in [0.1, 0.15) is 41.9 Å². The first-order valence-corrected chi connectivity index (χ1v) is 6.36. The Balaban J connectivity index is 2.11. The zero-order valence-corrected chi connectivity index (χ0v) is 10.9. The minimum absolute atomic E-state index is 0.0425. The highest BCUT2D eigenvalue weighted by Gasteiger charge is 2.31. The monoisotopic (exact) mass is 256 g/mol. The van der Waals surface area contributed by atoms with E-state index in [0.717, 1.165) is 25.7 Å². The molecule has 0 aliphatic heterocycles. The fraction of sp³-hybridized carbons (Fsp3) is 0.667. The zero-order valence-electron chi connectivity index (χ0n) is 10.1. The molecule has 0 bridgehead atoms. The number of nitrogens with zero attached hydrogens (tertiary/aromatic N) is 2. The Morgan fingerprint density at radius 2 is 2.24 bits per heavy atom. The third kappa shape index (κ3) is 2.46. The molecule has 94 valence electrons. The van der Waals surface area contributed by atoms with Crippen LogP contribution in [0.5, 0.6) is 0 Å². The quantitative estimate of drug-likeness (QED) is 0.764. The number of alkyl halides is 1. The van der Waals surface area contributed by atoms with Gasteiger partial charge in [-0.15, -0.1) is 11.6 Å². The summed E-state index contributed by atoms with van der Waals surface area (Å²) in [7, 11) is 1.79. The molecule has 2 rings (SSSR count). The molecular weight excluding hydrogens is 240 g/mol. The Bertz CT molecular complexity index is 405. The van der Waals surface area contributed by atoms with E-state index in [1.165, 1.54) is 6.39 Å². The summed E-state index contributed by atoms with van der Waals surface area (Å²) >= 11 is 6.28. The largest absolute Gasteiger partial charge is 0.438 e. The molecule has 0 N–H and O–H groups in total. The van der Waals surface area contributed by atoms with E-state index in [1.807, 2.05) is 0 Å². The topological polar surface area (TPSA) is 46.3 Å². The SMILES string of the molecule is Cc1ncoc1C(=O)N(C)C1CCCCC1Cl. The predicted molar refractivity (Wildman–Crippen MR) is 65.2 cm³/mol. The second-order valence-corrected chi connectivity index (χ2v) is 5.11. The van der Waals surface area contributed by atoms with Crippen LogP contribution >= 0.6 is 11.6 Å². The Hall–Kier alpha value is -1.03. The lowest BCUT2D eigenvalue weighted by Crippen LogP contribution is -2.44. The first kappa shape index (κ1) is 12.4. The van der Waals surface area contributed by atoms with Crippen LogP contribution in [0.2, 0.25) is 0 Å². The van der Waals surface area contributed by atoms with E-state index in [-0.39, 0.29) is 17.3 Å². The van der Waals surface area contributed by atoms with E-state index in [4.69, 9.17) is 16.0 Å². The van der Waals surface area contributed by atoms with Crippen molar-refractivity contribution in [2.24, 2.45) is 0 Å². The number of aromatic nitrogens is 1. The van der Waals surface area contributed by atoms with Crippen molar-refractivity contribution >= 4 is 17.5 Å². The van der Waals surface area contributed by atoms with Gasteiger partial charge in [-0.05, 0) is 19.8 Å². The van der Waals surface area contributed by atoms with Crippen LogP contribution in [0.4, 0.5) is 0 Å². The molecule has 2 atom stereocenters. The highest BCUT2D eigenvalue weighted by Crippen LogP contribution is 2.27. The average Bonchev–Trinajstić information content (AvgIpc) is 2.74.